The Kier molecular flexibility index (Phi) is 7.30. The molecule has 0 radical (unpaired) electrons. The molecule has 0 saturated heterocycles. The van der Waals surface area contributed by atoms with Crippen LogP contribution >= 0.6 is 11.6 Å². The van der Waals surface area contributed by atoms with E-state index in [1.807, 2.05) is 36.4 Å². The highest BCUT2D eigenvalue weighted by atomic mass is 35.5. The summed E-state index contributed by atoms with van der Waals surface area (Å²) < 4.78 is 25.1. The molecule has 4 aromatic rings. The second-order valence-electron chi connectivity index (χ2n) is 7.76. The van der Waals surface area contributed by atoms with Crippen LogP contribution in [0.3, 0.4) is 0 Å². The van der Waals surface area contributed by atoms with Crippen LogP contribution in [-0.2, 0) is 22.1 Å². The highest BCUT2D eigenvalue weighted by Crippen LogP contribution is 2.26. The van der Waals surface area contributed by atoms with Crippen molar-refractivity contribution in [3.05, 3.63) is 125 Å². The minimum Gasteiger partial charge on any atom is -0.380 e. The van der Waals surface area contributed by atoms with Crippen molar-refractivity contribution in [3.63, 3.8) is 0 Å². The lowest BCUT2D eigenvalue weighted by Gasteiger charge is -2.11. The van der Waals surface area contributed by atoms with Gasteiger partial charge in [-0.1, -0.05) is 72.3 Å². The number of carbonyl (C=O) groups excluding carboxylic acids is 1. The molecule has 7 heteroatoms. The van der Waals surface area contributed by atoms with Crippen molar-refractivity contribution in [2.24, 2.45) is 0 Å². The van der Waals surface area contributed by atoms with Crippen LogP contribution in [0.25, 0.3) is 0 Å². The Morgan fingerprint density at radius 2 is 1.41 bits per heavy atom. The molecule has 0 bridgehead atoms. The summed E-state index contributed by atoms with van der Waals surface area (Å²) in [5.74, 6) is -0.440. The SMILES string of the molecule is O=C(Nc1ccc(NCc2ccccc2)c(Cl)c1)c1ccc(CS(=O)(=O)c2ccccc2)cc1. The maximum atomic E-state index is 12.7. The van der Waals surface area contributed by atoms with Gasteiger partial charge in [-0.2, -0.15) is 0 Å². The summed E-state index contributed by atoms with van der Waals surface area (Å²) in [6, 6.07) is 30.1. The third kappa shape index (κ3) is 6.04. The minimum atomic E-state index is -3.45. The van der Waals surface area contributed by atoms with E-state index in [0.717, 1.165) is 11.3 Å². The number of hydrogen-bond acceptors (Lipinski definition) is 4. The fourth-order valence-corrected chi connectivity index (χ4v) is 5.03. The van der Waals surface area contributed by atoms with E-state index in [2.05, 4.69) is 10.6 Å². The molecular formula is C27H23ClN2O3S. The van der Waals surface area contributed by atoms with Crippen molar-refractivity contribution in [3.8, 4) is 0 Å². The molecule has 0 saturated carbocycles. The molecule has 0 aliphatic rings. The van der Waals surface area contributed by atoms with Gasteiger partial charge >= 0.3 is 0 Å². The topological polar surface area (TPSA) is 75.3 Å². The van der Waals surface area contributed by atoms with Crippen LogP contribution in [0.1, 0.15) is 21.5 Å². The molecule has 2 N–H and O–H groups in total. The maximum Gasteiger partial charge on any atom is 0.255 e. The third-order valence-electron chi connectivity index (χ3n) is 5.23. The van der Waals surface area contributed by atoms with Crippen LogP contribution in [0.5, 0.6) is 0 Å². The standard InChI is InChI=1S/C27H23ClN2O3S/c28-25-17-23(15-16-26(25)29-18-20-7-3-1-4-8-20)30-27(31)22-13-11-21(12-14-22)19-34(32,33)24-9-5-2-6-10-24/h1-17,29H,18-19H2,(H,30,31). The van der Waals surface area contributed by atoms with Crippen LogP contribution in [0.15, 0.2) is 108 Å². The smallest absolute Gasteiger partial charge is 0.255 e. The molecule has 0 atom stereocenters. The zero-order valence-corrected chi connectivity index (χ0v) is 19.8. The van der Waals surface area contributed by atoms with E-state index in [1.165, 1.54) is 0 Å². The quantitative estimate of drug-likeness (QED) is 0.309. The molecule has 5 nitrogen and oxygen atoms in total. The van der Waals surface area contributed by atoms with Gasteiger partial charge in [0.1, 0.15) is 0 Å². The molecule has 0 fully saturated rings. The molecule has 4 aromatic carbocycles. The number of rotatable bonds is 8. The Labute approximate surface area is 204 Å². The molecule has 0 unspecified atom stereocenters. The van der Waals surface area contributed by atoms with E-state index in [4.69, 9.17) is 11.6 Å². The first kappa shape index (κ1) is 23.5. The maximum absolute atomic E-state index is 12.7. The predicted molar refractivity (Wildman–Crippen MR) is 137 cm³/mol. The second-order valence-corrected chi connectivity index (χ2v) is 10.2. The van der Waals surface area contributed by atoms with Gasteiger partial charge < -0.3 is 10.6 Å². The molecule has 0 aliphatic heterocycles. The van der Waals surface area contributed by atoms with Crippen molar-refractivity contribution in [1.29, 1.82) is 0 Å². The monoisotopic (exact) mass is 490 g/mol. The van der Waals surface area contributed by atoms with E-state index in [0.29, 0.717) is 28.4 Å². The summed E-state index contributed by atoms with van der Waals surface area (Å²) in [7, 11) is -3.45. The van der Waals surface area contributed by atoms with Crippen LogP contribution in [0, 0.1) is 0 Å². The van der Waals surface area contributed by atoms with E-state index in [1.54, 1.807) is 66.7 Å². The zero-order chi connectivity index (χ0) is 24.0. The van der Waals surface area contributed by atoms with E-state index in [9.17, 15) is 13.2 Å². The van der Waals surface area contributed by atoms with Crippen LogP contribution in [0.2, 0.25) is 5.02 Å². The average molecular weight is 491 g/mol. The molecule has 4 rings (SSSR count). The van der Waals surface area contributed by atoms with E-state index in [-0.39, 0.29) is 16.6 Å². The minimum absolute atomic E-state index is 0.133. The van der Waals surface area contributed by atoms with Crippen LogP contribution in [-0.4, -0.2) is 14.3 Å². The fourth-order valence-electron chi connectivity index (χ4n) is 3.42. The number of nitrogens with one attached hydrogen (secondary N) is 2. The van der Waals surface area contributed by atoms with Crippen molar-refractivity contribution in [2.45, 2.75) is 17.2 Å². The van der Waals surface area contributed by atoms with Gasteiger partial charge in [0.05, 0.1) is 21.4 Å². The molecule has 0 heterocycles. The summed E-state index contributed by atoms with van der Waals surface area (Å²) in [6.45, 7) is 0.638. The second kappa shape index (κ2) is 10.5. The van der Waals surface area contributed by atoms with Gasteiger partial charge in [-0.25, -0.2) is 8.42 Å². The molecule has 172 valence electrons. The van der Waals surface area contributed by atoms with Crippen LogP contribution in [0.4, 0.5) is 11.4 Å². The Morgan fingerprint density at radius 3 is 2.06 bits per heavy atom. The summed E-state index contributed by atoms with van der Waals surface area (Å²) >= 11 is 6.39. The molecule has 34 heavy (non-hydrogen) atoms. The first-order chi connectivity index (χ1) is 16.4. The molecule has 0 aromatic heterocycles. The van der Waals surface area contributed by atoms with E-state index < -0.39 is 9.84 Å². The lowest BCUT2D eigenvalue weighted by atomic mass is 10.1. The summed E-state index contributed by atoms with van der Waals surface area (Å²) in [4.78, 5) is 12.9. The van der Waals surface area contributed by atoms with Gasteiger partial charge in [0.15, 0.2) is 9.84 Å². The van der Waals surface area contributed by atoms with Gasteiger partial charge in [0, 0.05) is 17.8 Å². The van der Waals surface area contributed by atoms with Gasteiger partial charge in [-0.3, -0.25) is 4.79 Å². The normalized spacial score (nSPS) is 11.1. The van der Waals surface area contributed by atoms with E-state index >= 15 is 0 Å². The number of amides is 1. The van der Waals surface area contributed by atoms with Gasteiger partial charge in [0.25, 0.3) is 5.91 Å². The highest BCUT2D eigenvalue weighted by Gasteiger charge is 2.15. The predicted octanol–water partition coefficient (Wildman–Crippen LogP) is 6.18. The Balaban J connectivity index is 1.37. The Morgan fingerprint density at radius 1 is 0.765 bits per heavy atom. The average Bonchev–Trinajstić information content (AvgIpc) is 2.85. The van der Waals surface area contributed by atoms with Crippen molar-refractivity contribution >= 4 is 38.7 Å². The number of carbonyl (C=O) groups is 1. The van der Waals surface area contributed by atoms with Crippen molar-refractivity contribution < 1.29 is 13.2 Å². The van der Waals surface area contributed by atoms with Crippen molar-refractivity contribution in [2.75, 3.05) is 10.6 Å². The summed E-state index contributed by atoms with van der Waals surface area (Å²) in [5.41, 5.74) is 3.50. The Hall–Kier alpha value is -3.61. The summed E-state index contributed by atoms with van der Waals surface area (Å²) in [6.07, 6.45) is 0. The van der Waals surface area contributed by atoms with Gasteiger partial charge in [-0.05, 0) is 53.6 Å². The lowest BCUT2D eigenvalue weighted by molar-refractivity contribution is 0.102. The first-order valence-electron chi connectivity index (χ1n) is 10.7. The van der Waals surface area contributed by atoms with Gasteiger partial charge in [0.2, 0.25) is 0 Å². The fraction of sp³-hybridized carbons (Fsp3) is 0.0741. The van der Waals surface area contributed by atoms with Crippen molar-refractivity contribution in [1.82, 2.24) is 0 Å². The van der Waals surface area contributed by atoms with Gasteiger partial charge in [-0.15, -0.1) is 0 Å². The largest absolute Gasteiger partial charge is 0.380 e. The molecular weight excluding hydrogens is 468 g/mol. The lowest BCUT2D eigenvalue weighted by Crippen LogP contribution is -2.12. The number of hydrogen-bond donors (Lipinski definition) is 2. The highest BCUT2D eigenvalue weighted by molar-refractivity contribution is 7.90. The van der Waals surface area contributed by atoms with Crippen LogP contribution < -0.4 is 10.6 Å². The molecule has 1 amide bonds. The third-order valence-corrected chi connectivity index (χ3v) is 7.24. The number of benzene rings is 4. The number of anilines is 2. The Bertz CT molecular complexity index is 1370. The molecule has 0 aliphatic carbocycles. The molecule has 0 spiro atoms. The number of sulfone groups is 1. The zero-order valence-electron chi connectivity index (χ0n) is 18.2. The first-order valence-corrected chi connectivity index (χ1v) is 12.7. The number of halogens is 1. The summed E-state index contributed by atoms with van der Waals surface area (Å²) in [5, 5.41) is 6.60.